The van der Waals surface area contributed by atoms with E-state index in [9.17, 15) is 4.79 Å². The third-order valence-corrected chi connectivity index (χ3v) is 6.93. The van der Waals surface area contributed by atoms with E-state index in [1.807, 2.05) is 0 Å². The second-order valence-corrected chi connectivity index (χ2v) is 10.6. The van der Waals surface area contributed by atoms with E-state index in [4.69, 9.17) is 4.74 Å². The number of rotatable bonds is 26. The van der Waals surface area contributed by atoms with Crippen molar-refractivity contribution in [3.63, 3.8) is 0 Å². The van der Waals surface area contributed by atoms with Crippen LogP contribution >= 0.6 is 0 Å². The predicted octanol–water partition coefficient (Wildman–Crippen LogP) is 11.2. The molecule has 3 heteroatoms. The van der Waals surface area contributed by atoms with Crippen molar-refractivity contribution in [2.24, 2.45) is 0 Å². The fraction of sp³-hybridized carbons (Fsp3) is 0.903. The summed E-state index contributed by atoms with van der Waals surface area (Å²) in [4.78, 5) is 12.0. The number of carbonyl (C=O) groups excluding carboxylic acids is 1. The summed E-state index contributed by atoms with van der Waals surface area (Å²) in [7, 11) is 0. The number of carbonyl (C=O) groups is 1. The molecule has 0 aliphatic carbocycles. The molecule has 1 atom stereocenters. The van der Waals surface area contributed by atoms with Crippen LogP contribution < -0.4 is 0 Å². The average Bonchev–Trinajstić information content (AvgIpc) is 2.81. The van der Waals surface area contributed by atoms with Gasteiger partial charge in [0.1, 0.15) is 0 Å². The highest BCUT2D eigenvalue weighted by atomic mass is 19.2. The topological polar surface area (TPSA) is 26.3 Å². The lowest BCUT2D eigenvalue weighted by molar-refractivity contribution is -0.182. The van der Waals surface area contributed by atoms with E-state index in [1.54, 1.807) is 6.92 Å². The predicted molar refractivity (Wildman–Crippen MR) is 147 cm³/mol. The quantitative estimate of drug-likeness (QED) is 0.0696. The lowest BCUT2D eigenvalue weighted by Gasteiger charge is -2.25. The van der Waals surface area contributed by atoms with Gasteiger partial charge in [0.2, 0.25) is 0 Å². The van der Waals surface area contributed by atoms with Gasteiger partial charge in [-0.1, -0.05) is 149 Å². The molecule has 0 bridgehead atoms. The minimum Gasteiger partial charge on any atom is -0.425 e. The molecular formula is C31H59FO2. The molecule has 0 aliphatic rings. The first-order valence-electron chi connectivity index (χ1n) is 15.0. The van der Waals surface area contributed by atoms with E-state index in [2.05, 4.69) is 20.4 Å². The summed E-state index contributed by atoms with van der Waals surface area (Å²) < 4.78 is 20.7. The second kappa shape index (κ2) is 23.9. The van der Waals surface area contributed by atoms with E-state index < -0.39 is 11.8 Å². The van der Waals surface area contributed by atoms with Gasteiger partial charge in [0, 0.05) is 18.4 Å². The van der Waals surface area contributed by atoms with E-state index in [1.165, 1.54) is 103 Å². The highest BCUT2D eigenvalue weighted by molar-refractivity contribution is 5.87. The zero-order valence-electron chi connectivity index (χ0n) is 23.4. The minimum atomic E-state index is -1.82. The Morgan fingerprint density at radius 1 is 0.588 bits per heavy atom. The fourth-order valence-electron chi connectivity index (χ4n) is 4.59. The molecule has 0 aromatic carbocycles. The SMILES string of the molecule is C=C(C)C(=O)OC(F)(CCCCCCCCC)CCCCCCCCCCCCCCCCC. The number of hydrogen-bond acceptors (Lipinski definition) is 2. The van der Waals surface area contributed by atoms with Crippen molar-refractivity contribution in [3.05, 3.63) is 12.2 Å². The normalized spacial score (nSPS) is 13.1. The number of unbranched alkanes of at least 4 members (excludes halogenated alkanes) is 20. The maximum Gasteiger partial charge on any atom is 0.335 e. The minimum absolute atomic E-state index is 0.276. The number of hydrogen-bond donors (Lipinski definition) is 0. The lowest BCUT2D eigenvalue weighted by atomic mass is 9.99. The summed E-state index contributed by atoms with van der Waals surface area (Å²) in [5.74, 6) is -2.41. The molecule has 0 saturated carbocycles. The Labute approximate surface area is 212 Å². The summed E-state index contributed by atoms with van der Waals surface area (Å²) >= 11 is 0. The van der Waals surface area contributed by atoms with E-state index in [0.717, 1.165) is 38.5 Å². The van der Waals surface area contributed by atoms with Gasteiger partial charge in [-0.2, -0.15) is 4.39 Å². The van der Waals surface area contributed by atoms with Crippen LogP contribution in [0, 0.1) is 0 Å². The van der Waals surface area contributed by atoms with Crippen LogP contribution in [0.25, 0.3) is 0 Å². The number of alkyl halides is 1. The van der Waals surface area contributed by atoms with Gasteiger partial charge in [0.15, 0.2) is 0 Å². The highest BCUT2D eigenvalue weighted by Crippen LogP contribution is 2.30. The van der Waals surface area contributed by atoms with Gasteiger partial charge in [-0.05, 0) is 19.8 Å². The standard InChI is InChI=1S/C31H59FO2/c1-5-7-9-11-13-14-15-16-17-18-19-20-22-24-26-28-31(32,34-30(33)29(3)4)27-25-23-21-12-10-8-6-2/h3,5-28H2,1-2,4H3. The highest BCUT2D eigenvalue weighted by Gasteiger charge is 2.33. The molecule has 0 amide bonds. The van der Waals surface area contributed by atoms with Crippen molar-refractivity contribution >= 4 is 5.97 Å². The Bertz CT molecular complexity index is 476. The van der Waals surface area contributed by atoms with Gasteiger partial charge >= 0.3 is 5.97 Å². The van der Waals surface area contributed by atoms with Crippen LogP contribution in [0.2, 0.25) is 0 Å². The fourth-order valence-corrected chi connectivity index (χ4v) is 4.59. The maximum absolute atomic E-state index is 15.4. The Morgan fingerprint density at radius 3 is 1.12 bits per heavy atom. The smallest absolute Gasteiger partial charge is 0.335 e. The molecule has 0 aliphatic heterocycles. The van der Waals surface area contributed by atoms with Gasteiger partial charge in [-0.25, -0.2) is 4.79 Å². The van der Waals surface area contributed by atoms with Crippen LogP contribution in [0.4, 0.5) is 4.39 Å². The van der Waals surface area contributed by atoms with Crippen LogP contribution in [-0.4, -0.2) is 11.8 Å². The second-order valence-electron chi connectivity index (χ2n) is 10.6. The average molecular weight is 483 g/mol. The summed E-state index contributed by atoms with van der Waals surface area (Å²) in [5, 5.41) is 0. The van der Waals surface area contributed by atoms with Gasteiger partial charge in [0.05, 0.1) is 0 Å². The molecule has 0 aromatic rings. The van der Waals surface area contributed by atoms with E-state index >= 15 is 4.39 Å². The summed E-state index contributed by atoms with van der Waals surface area (Å²) in [5.41, 5.74) is 0.276. The Kier molecular flexibility index (Phi) is 23.3. The molecule has 0 saturated heterocycles. The van der Waals surface area contributed by atoms with Crippen LogP contribution in [0.5, 0.6) is 0 Å². The molecule has 0 spiro atoms. The van der Waals surface area contributed by atoms with Crippen LogP contribution in [-0.2, 0) is 9.53 Å². The van der Waals surface area contributed by atoms with Crippen LogP contribution in [0.3, 0.4) is 0 Å². The van der Waals surface area contributed by atoms with Gasteiger partial charge in [-0.15, -0.1) is 0 Å². The first kappa shape index (κ1) is 33.1. The van der Waals surface area contributed by atoms with Crippen molar-refractivity contribution in [1.29, 1.82) is 0 Å². The third kappa shape index (κ3) is 21.7. The van der Waals surface area contributed by atoms with Crippen molar-refractivity contribution in [3.8, 4) is 0 Å². The molecule has 0 radical (unpaired) electrons. The first-order chi connectivity index (χ1) is 16.4. The lowest BCUT2D eigenvalue weighted by Crippen LogP contribution is -2.30. The molecule has 0 heterocycles. The van der Waals surface area contributed by atoms with Crippen molar-refractivity contribution in [1.82, 2.24) is 0 Å². The van der Waals surface area contributed by atoms with Gasteiger partial charge < -0.3 is 4.74 Å². The van der Waals surface area contributed by atoms with Gasteiger partial charge in [-0.3, -0.25) is 0 Å². The Hall–Kier alpha value is -0.860. The van der Waals surface area contributed by atoms with Gasteiger partial charge in [0.25, 0.3) is 5.85 Å². The number of ether oxygens (including phenoxy) is 1. The van der Waals surface area contributed by atoms with Crippen molar-refractivity contribution in [2.75, 3.05) is 0 Å². The molecule has 0 fully saturated rings. The third-order valence-electron chi connectivity index (χ3n) is 6.93. The Morgan fingerprint density at radius 2 is 0.853 bits per heavy atom. The molecular weight excluding hydrogens is 423 g/mol. The molecule has 1 unspecified atom stereocenters. The first-order valence-corrected chi connectivity index (χ1v) is 15.0. The number of halogens is 1. The molecule has 34 heavy (non-hydrogen) atoms. The molecule has 0 aromatic heterocycles. The summed E-state index contributed by atoms with van der Waals surface area (Å²) in [6.07, 6.45) is 27.9. The Balaban J connectivity index is 3.86. The zero-order chi connectivity index (χ0) is 25.3. The van der Waals surface area contributed by atoms with Crippen molar-refractivity contribution in [2.45, 2.75) is 181 Å². The van der Waals surface area contributed by atoms with Crippen LogP contribution in [0.15, 0.2) is 12.2 Å². The maximum atomic E-state index is 15.4. The van der Waals surface area contributed by atoms with E-state index in [0.29, 0.717) is 12.8 Å². The zero-order valence-corrected chi connectivity index (χ0v) is 23.4. The molecule has 202 valence electrons. The molecule has 2 nitrogen and oxygen atoms in total. The van der Waals surface area contributed by atoms with E-state index in [-0.39, 0.29) is 5.57 Å². The molecule has 0 N–H and O–H groups in total. The van der Waals surface area contributed by atoms with Crippen molar-refractivity contribution < 1.29 is 13.9 Å². The summed E-state index contributed by atoms with van der Waals surface area (Å²) in [6.45, 7) is 9.69. The monoisotopic (exact) mass is 482 g/mol. The molecule has 0 rings (SSSR count). The van der Waals surface area contributed by atoms with Crippen LogP contribution in [0.1, 0.15) is 175 Å². The largest absolute Gasteiger partial charge is 0.425 e. The summed E-state index contributed by atoms with van der Waals surface area (Å²) in [6, 6.07) is 0. The number of esters is 1.